The molecule has 0 unspecified atom stereocenters. The van der Waals surface area contributed by atoms with Gasteiger partial charge >= 0.3 is 0 Å². The summed E-state index contributed by atoms with van der Waals surface area (Å²) < 4.78 is 0. The fourth-order valence-corrected chi connectivity index (χ4v) is 5.05. The van der Waals surface area contributed by atoms with Gasteiger partial charge in [-0.1, -0.05) is 64.2 Å². The number of hydrogen-bond acceptors (Lipinski definition) is 3. The van der Waals surface area contributed by atoms with Crippen LogP contribution in [0, 0.1) is 11.8 Å². The zero-order valence-electron chi connectivity index (χ0n) is 17.9. The number of nitrogens with two attached hydrogens (primary N) is 1. The van der Waals surface area contributed by atoms with Gasteiger partial charge in [-0.15, -0.1) is 12.4 Å². The van der Waals surface area contributed by atoms with Crippen molar-refractivity contribution in [2.45, 2.75) is 109 Å². The first-order valence-corrected chi connectivity index (χ1v) is 12.0. The first-order chi connectivity index (χ1) is 12.9. The van der Waals surface area contributed by atoms with Gasteiger partial charge in [0.15, 0.2) is 0 Å². The Bertz CT molecular complexity index is 293. The van der Waals surface area contributed by atoms with Gasteiger partial charge in [-0.3, -0.25) is 0 Å². The van der Waals surface area contributed by atoms with Crippen LogP contribution in [0.1, 0.15) is 103 Å². The van der Waals surface area contributed by atoms with Gasteiger partial charge < -0.3 is 16.4 Å². The van der Waals surface area contributed by atoms with Gasteiger partial charge in [0.1, 0.15) is 0 Å². The van der Waals surface area contributed by atoms with Crippen molar-refractivity contribution in [3.05, 3.63) is 0 Å². The van der Waals surface area contributed by atoms with Crippen LogP contribution in [0.2, 0.25) is 0 Å². The van der Waals surface area contributed by atoms with Crippen molar-refractivity contribution in [2.75, 3.05) is 26.2 Å². The van der Waals surface area contributed by atoms with Crippen LogP contribution in [-0.2, 0) is 0 Å². The normalized spacial score (nSPS) is 19.3. The molecule has 0 amide bonds. The SMILES string of the molecule is Cl.NCCCNCCCNC(CCC1CCCCC1)CCC1CCCCC1. The Morgan fingerprint density at radius 1 is 0.704 bits per heavy atom. The third kappa shape index (κ3) is 12.4. The van der Waals surface area contributed by atoms with Crippen LogP contribution in [-0.4, -0.2) is 32.2 Å². The van der Waals surface area contributed by atoms with Crippen LogP contribution < -0.4 is 16.4 Å². The van der Waals surface area contributed by atoms with Gasteiger partial charge in [0.05, 0.1) is 0 Å². The second kappa shape index (κ2) is 17.1. The van der Waals surface area contributed by atoms with Crippen molar-refractivity contribution >= 4 is 12.4 Å². The first-order valence-electron chi connectivity index (χ1n) is 12.0. The topological polar surface area (TPSA) is 50.1 Å². The zero-order chi connectivity index (χ0) is 18.3. The van der Waals surface area contributed by atoms with Gasteiger partial charge in [-0.25, -0.2) is 0 Å². The summed E-state index contributed by atoms with van der Waals surface area (Å²) in [6, 6.07) is 0.767. The molecular weight excluding hydrogens is 354 g/mol. The quantitative estimate of drug-likeness (QED) is 0.341. The number of halogens is 1. The van der Waals surface area contributed by atoms with Crippen LogP contribution in [0.5, 0.6) is 0 Å². The highest BCUT2D eigenvalue weighted by Gasteiger charge is 2.18. The molecule has 0 spiro atoms. The van der Waals surface area contributed by atoms with Gasteiger partial charge in [-0.05, 0) is 76.5 Å². The minimum atomic E-state index is 0. The second-order valence-corrected chi connectivity index (χ2v) is 9.06. The molecule has 0 aliphatic heterocycles. The first kappa shape index (κ1) is 25.2. The van der Waals surface area contributed by atoms with E-state index in [1.54, 1.807) is 0 Å². The minimum Gasteiger partial charge on any atom is -0.330 e. The molecule has 2 rings (SSSR count). The van der Waals surface area contributed by atoms with E-state index in [2.05, 4.69) is 10.6 Å². The Hall–Kier alpha value is 0.170. The lowest BCUT2D eigenvalue weighted by Gasteiger charge is -2.27. The smallest absolute Gasteiger partial charge is 0.00672 e. The maximum absolute atomic E-state index is 5.55. The van der Waals surface area contributed by atoms with E-state index < -0.39 is 0 Å². The van der Waals surface area contributed by atoms with Gasteiger partial charge in [0.25, 0.3) is 0 Å². The van der Waals surface area contributed by atoms with Crippen molar-refractivity contribution in [3.8, 4) is 0 Å². The lowest BCUT2D eigenvalue weighted by Crippen LogP contribution is -2.33. The summed E-state index contributed by atoms with van der Waals surface area (Å²) in [6.45, 7) is 4.18. The predicted octanol–water partition coefficient (Wildman–Crippen LogP) is 5.42. The van der Waals surface area contributed by atoms with Crippen LogP contribution >= 0.6 is 12.4 Å². The molecule has 4 heteroatoms. The monoisotopic (exact) mass is 401 g/mol. The molecule has 162 valence electrons. The molecule has 2 fully saturated rings. The van der Waals surface area contributed by atoms with E-state index in [-0.39, 0.29) is 12.4 Å². The van der Waals surface area contributed by atoms with E-state index in [9.17, 15) is 0 Å². The van der Waals surface area contributed by atoms with Gasteiger partial charge in [0, 0.05) is 6.04 Å². The van der Waals surface area contributed by atoms with E-state index in [1.807, 2.05) is 0 Å². The largest absolute Gasteiger partial charge is 0.330 e. The second-order valence-electron chi connectivity index (χ2n) is 9.06. The summed E-state index contributed by atoms with van der Waals surface area (Å²) in [5.74, 6) is 2.06. The maximum atomic E-state index is 5.55. The molecule has 2 saturated carbocycles. The van der Waals surface area contributed by atoms with E-state index in [0.717, 1.165) is 43.9 Å². The summed E-state index contributed by atoms with van der Waals surface area (Å²) in [7, 11) is 0. The average molecular weight is 402 g/mol. The fraction of sp³-hybridized carbons (Fsp3) is 1.00. The van der Waals surface area contributed by atoms with Gasteiger partial charge in [0.2, 0.25) is 0 Å². The Balaban J connectivity index is 0.00000364. The van der Waals surface area contributed by atoms with Crippen LogP contribution in [0.4, 0.5) is 0 Å². The third-order valence-corrected chi connectivity index (χ3v) is 6.82. The van der Waals surface area contributed by atoms with E-state index in [1.165, 1.54) is 103 Å². The van der Waals surface area contributed by atoms with Crippen LogP contribution in [0.15, 0.2) is 0 Å². The Morgan fingerprint density at radius 3 is 1.74 bits per heavy atom. The molecule has 0 atom stereocenters. The average Bonchev–Trinajstić information content (AvgIpc) is 2.70. The lowest BCUT2D eigenvalue weighted by atomic mass is 9.82. The lowest BCUT2D eigenvalue weighted by molar-refractivity contribution is 0.283. The summed E-state index contributed by atoms with van der Waals surface area (Å²) in [5.41, 5.74) is 5.55. The van der Waals surface area contributed by atoms with Crippen molar-refractivity contribution in [1.29, 1.82) is 0 Å². The molecule has 2 aliphatic carbocycles. The number of rotatable bonds is 14. The molecule has 0 aromatic carbocycles. The van der Waals surface area contributed by atoms with Crippen molar-refractivity contribution in [1.82, 2.24) is 10.6 Å². The highest BCUT2D eigenvalue weighted by Crippen LogP contribution is 2.30. The Labute approximate surface area is 175 Å². The van der Waals surface area contributed by atoms with E-state index in [0.29, 0.717) is 0 Å². The summed E-state index contributed by atoms with van der Waals surface area (Å²) >= 11 is 0. The summed E-state index contributed by atoms with van der Waals surface area (Å²) in [5, 5.41) is 7.43. The zero-order valence-corrected chi connectivity index (χ0v) is 18.7. The van der Waals surface area contributed by atoms with Crippen molar-refractivity contribution < 1.29 is 0 Å². The Morgan fingerprint density at radius 2 is 1.22 bits per heavy atom. The molecule has 0 aromatic heterocycles. The predicted molar refractivity (Wildman–Crippen MR) is 122 cm³/mol. The molecule has 0 radical (unpaired) electrons. The van der Waals surface area contributed by atoms with E-state index >= 15 is 0 Å². The summed E-state index contributed by atoms with van der Waals surface area (Å²) in [4.78, 5) is 0. The Kier molecular flexibility index (Phi) is 15.9. The molecule has 3 nitrogen and oxygen atoms in total. The highest BCUT2D eigenvalue weighted by atomic mass is 35.5. The number of nitrogens with one attached hydrogen (secondary N) is 2. The molecule has 2 aliphatic rings. The van der Waals surface area contributed by atoms with Crippen molar-refractivity contribution in [2.24, 2.45) is 17.6 Å². The molecule has 27 heavy (non-hydrogen) atoms. The molecule has 0 aromatic rings. The molecule has 4 N–H and O–H groups in total. The number of hydrogen-bond donors (Lipinski definition) is 3. The molecule has 0 heterocycles. The maximum Gasteiger partial charge on any atom is 0.00672 e. The standard InChI is InChI=1S/C23H47N3.ClH/c24-17-7-18-25-19-8-20-26-23(15-13-21-9-3-1-4-10-21)16-14-22-11-5-2-6-12-22;/h21-23,25-26H,1-20,24H2;1H. The van der Waals surface area contributed by atoms with Crippen LogP contribution in [0.25, 0.3) is 0 Å². The van der Waals surface area contributed by atoms with Crippen molar-refractivity contribution in [3.63, 3.8) is 0 Å². The van der Waals surface area contributed by atoms with Crippen LogP contribution in [0.3, 0.4) is 0 Å². The third-order valence-electron chi connectivity index (χ3n) is 6.82. The molecule has 0 bridgehead atoms. The van der Waals surface area contributed by atoms with Gasteiger partial charge in [-0.2, -0.15) is 0 Å². The summed E-state index contributed by atoms with van der Waals surface area (Å²) in [6.07, 6.45) is 23.0. The molecule has 0 saturated heterocycles. The highest BCUT2D eigenvalue weighted by molar-refractivity contribution is 5.85. The molecular formula is C23H48ClN3. The minimum absolute atomic E-state index is 0. The van der Waals surface area contributed by atoms with E-state index in [4.69, 9.17) is 5.73 Å². The fourth-order valence-electron chi connectivity index (χ4n) is 5.05.